The van der Waals surface area contributed by atoms with Gasteiger partial charge in [0.15, 0.2) is 0 Å². The molecule has 3 aromatic carbocycles. The third-order valence-electron chi connectivity index (χ3n) is 10.9. The maximum Gasteiger partial charge on any atom is 0.216 e. The summed E-state index contributed by atoms with van der Waals surface area (Å²) in [5.74, 6) is 2.85. The first-order chi connectivity index (χ1) is 23.3. The van der Waals surface area contributed by atoms with Crippen LogP contribution in [-0.4, -0.2) is 33.1 Å². The Morgan fingerprint density at radius 3 is 2.52 bits per heavy atom. The predicted octanol–water partition coefficient (Wildman–Crippen LogP) is 10.0. The molecule has 240 valence electrons. The van der Waals surface area contributed by atoms with Crippen molar-refractivity contribution in [2.75, 3.05) is 6.61 Å². The Morgan fingerprint density at radius 2 is 1.69 bits per heavy atom. The first-order valence-electron chi connectivity index (χ1n) is 17.4. The minimum absolute atomic E-state index is 0.198. The van der Waals surface area contributed by atoms with Gasteiger partial charge in [0, 0.05) is 45.8 Å². The molecule has 0 N–H and O–H groups in total. The van der Waals surface area contributed by atoms with Crippen molar-refractivity contribution in [3.8, 4) is 28.4 Å². The number of benzene rings is 3. The number of fused-ring (bicyclic) bond motifs is 5. The van der Waals surface area contributed by atoms with Gasteiger partial charge in [-0.05, 0) is 97.3 Å². The molecule has 2 aliphatic heterocycles. The number of aliphatic imine (C=N–C) groups is 1. The fourth-order valence-electron chi connectivity index (χ4n) is 8.30. The van der Waals surface area contributed by atoms with Gasteiger partial charge < -0.3 is 9.47 Å². The molecule has 0 bridgehead atoms. The molecule has 5 heterocycles. The van der Waals surface area contributed by atoms with E-state index in [2.05, 4.69) is 91.8 Å². The summed E-state index contributed by atoms with van der Waals surface area (Å²) in [7, 11) is 0. The lowest BCUT2D eigenvalue weighted by Crippen LogP contribution is -2.26. The van der Waals surface area contributed by atoms with Gasteiger partial charge in [-0.1, -0.05) is 57.4 Å². The highest BCUT2D eigenvalue weighted by atomic mass is 16.5. The van der Waals surface area contributed by atoms with Gasteiger partial charge in [0.2, 0.25) is 5.90 Å². The molecule has 6 nitrogen and oxygen atoms in total. The monoisotopic (exact) mass is 632 g/mol. The molecule has 1 atom stereocenters. The lowest BCUT2D eigenvalue weighted by Gasteiger charge is -2.35. The zero-order valence-electron chi connectivity index (χ0n) is 28.1. The lowest BCUT2D eigenvalue weighted by molar-refractivity contribution is 0.240. The average Bonchev–Trinajstić information content (AvgIpc) is 3.73. The van der Waals surface area contributed by atoms with Crippen LogP contribution in [0.2, 0.25) is 0 Å². The molecule has 0 spiro atoms. The summed E-state index contributed by atoms with van der Waals surface area (Å²) in [6, 6.07) is 25.9. The number of pyridine rings is 2. The number of aromatic nitrogens is 3. The summed E-state index contributed by atoms with van der Waals surface area (Å²) in [6.07, 6.45) is 10.2. The number of nitrogens with zero attached hydrogens (tertiary/aromatic N) is 4. The smallest absolute Gasteiger partial charge is 0.216 e. The normalized spacial score (nSPS) is 18.5. The SMILES string of the molecule is Cc1cnc2c(c1)c1cccc3c1n2-c1cc(Oc2cc(C4=N[C@H](C5CCCCC5)CO4)cc(-c4ccccn4)c2)c(C)cc1C3(C)C. The number of aryl methyl sites for hydroxylation is 2. The van der Waals surface area contributed by atoms with Gasteiger partial charge in [0.25, 0.3) is 0 Å². The summed E-state index contributed by atoms with van der Waals surface area (Å²) in [5.41, 5.74) is 10.7. The summed E-state index contributed by atoms with van der Waals surface area (Å²) < 4.78 is 15.5. The molecule has 0 unspecified atom stereocenters. The highest BCUT2D eigenvalue weighted by molar-refractivity contribution is 6.10. The maximum atomic E-state index is 6.87. The van der Waals surface area contributed by atoms with Crippen molar-refractivity contribution in [1.29, 1.82) is 0 Å². The number of para-hydroxylation sites is 1. The van der Waals surface area contributed by atoms with E-state index in [-0.39, 0.29) is 11.5 Å². The van der Waals surface area contributed by atoms with E-state index in [1.54, 1.807) is 0 Å². The largest absolute Gasteiger partial charge is 0.475 e. The standard InChI is InChI=1S/C42H40N4O2/c1-25-17-32-31-13-10-14-33-39(31)46(40(32)44-23-25)37-22-38(26(2)18-34(37)42(33,3)4)48-30-20-28(35-15-8-9-16-43-35)19-29(21-30)41-45-36(24-47-41)27-11-6-5-7-12-27/h8-10,13-23,27,36H,5-7,11-12,24H2,1-4H3/t36-/m0/s1. The first-order valence-corrected chi connectivity index (χ1v) is 17.4. The van der Waals surface area contributed by atoms with Crippen LogP contribution in [0.5, 0.6) is 11.5 Å². The van der Waals surface area contributed by atoms with E-state index < -0.39 is 0 Å². The molecule has 0 saturated heterocycles. The molecule has 0 radical (unpaired) electrons. The van der Waals surface area contributed by atoms with Crippen LogP contribution >= 0.6 is 0 Å². The highest BCUT2D eigenvalue weighted by Gasteiger charge is 2.36. The van der Waals surface area contributed by atoms with Crippen LogP contribution in [0.3, 0.4) is 0 Å². The molecule has 3 aliphatic rings. The zero-order valence-corrected chi connectivity index (χ0v) is 28.1. The van der Waals surface area contributed by atoms with E-state index >= 15 is 0 Å². The van der Waals surface area contributed by atoms with Crippen molar-refractivity contribution >= 4 is 27.8 Å². The van der Waals surface area contributed by atoms with E-state index in [9.17, 15) is 0 Å². The van der Waals surface area contributed by atoms with Crippen molar-refractivity contribution in [1.82, 2.24) is 14.5 Å². The fraction of sp³-hybridized carbons (Fsp3) is 0.310. The van der Waals surface area contributed by atoms with Gasteiger partial charge in [-0.15, -0.1) is 0 Å². The molecule has 9 rings (SSSR count). The quantitative estimate of drug-likeness (QED) is 0.190. The summed E-state index contributed by atoms with van der Waals surface area (Å²) in [5, 5.41) is 2.41. The van der Waals surface area contributed by atoms with Crippen LogP contribution in [-0.2, 0) is 10.2 Å². The number of rotatable bonds is 5. The number of hydrogen-bond donors (Lipinski definition) is 0. The van der Waals surface area contributed by atoms with Crippen molar-refractivity contribution in [2.24, 2.45) is 10.9 Å². The average molecular weight is 633 g/mol. The third kappa shape index (κ3) is 4.64. The molecule has 1 aliphatic carbocycles. The van der Waals surface area contributed by atoms with Crippen LogP contribution in [0.1, 0.15) is 73.8 Å². The predicted molar refractivity (Wildman–Crippen MR) is 193 cm³/mol. The van der Waals surface area contributed by atoms with Crippen LogP contribution in [0, 0.1) is 19.8 Å². The Morgan fingerprint density at radius 1 is 0.833 bits per heavy atom. The summed E-state index contributed by atoms with van der Waals surface area (Å²) in [6.45, 7) is 9.55. The van der Waals surface area contributed by atoms with E-state index in [4.69, 9.17) is 19.5 Å². The Kier molecular flexibility index (Phi) is 6.72. The van der Waals surface area contributed by atoms with Crippen LogP contribution in [0.25, 0.3) is 38.9 Å². The topological polar surface area (TPSA) is 61.5 Å². The second kappa shape index (κ2) is 11.0. The minimum Gasteiger partial charge on any atom is -0.475 e. The molecule has 48 heavy (non-hydrogen) atoms. The first kappa shape index (κ1) is 29.2. The lowest BCUT2D eigenvalue weighted by atomic mass is 9.74. The minimum atomic E-state index is -0.198. The Labute approximate surface area is 281 Å². The van der Waals surface area contributed by atoms with Crippen molar-refractivity contribution < 1.29 is 9.47 Å². The van der Waals surface area contributed by atoms with E-state index in [1.165, 1.54) is 59.5 Å². The van der Waals surface area contributed by atoms with E-state index in [1.807, 2.05) is 30.6 Å². The van der Waals surface area contributed by atoms with Crippen LogP contribution in [0.4, 0.5) is 0 Å². The van der Waals surface area contributed by atoms with Gasteiger partial charge in [-0.2, -0.15) is 0 Å². The van der Waals surface area contributed by atoms with Crippen LogP contribution < -0.4 is 4.74 Å². The van der Waals surface area contributed by atoms with Gasteiger partial charge >= 0.3 is 0 Å². The molecule has 0 amide bonds. The van der Waals surface area contributed by atoms with E-state index in [0.29, 0.717) is 18.4 Å². The van der Waals surface area contributed by atoms with Gasteiger partial charge in [0.1, 0.15) is 23.8 Å². The zero-order chi connectivity index (χ0) is 32.6. The molecule has 1 fully saturated rings. The van der Waals surface area contributed by atoms with E-state index in [0.717, 1.165) is 50.8 Å². The summed E-state index contributed by atoms with van der Waals surface area (Å²) in [4.78, 5) is 14.8. The Bertz CT molecular complexity index is 2260. The highest BCUT2D eigenvalue weighted by Crippen LogP contribution is 2.49. The molecule has 3 aromatic heterocycles. The van der Waals surface area contributed by atoms with Crippen LogP contribution in [0.15, 0.2) is 90.2 Å². The van der Waals surface area contributed by atoms with Gasteiger partial charge in [-0.3, -0.25) is 9.55 Å². The second-order valence-electron chi connectivity index (χ2n) is 14.5. The summed E-state index contributed by atoms with van der Waals surface area (Å²) >= 11 is 0. The Balaban J connectivity index is 1.17. The van der Waals surface area contributed by atoms with Gasteiger partial charge in [-0.25, -0.2) is 9.98 Å². The van der Waals surface area contributed by atoms with Crippen molar-refractivity contribution in [2.45, 2.75) is 71.3 Å². The molecular formula is C42H40N4O2. The number of ether oxygens (including phenoxy) is 2. The maximum absolute atomic E-state index is 6.87. The molecule has 1 saturated carbocycles. The van der Waals surface area contributed by atoms with Gasteiger partial charge in [0.05, 0.1) is 22.9 Å². The number of hydrogen-bond acceptors (Lipinski definition) is 5. The fourth-order valence-corrected chi connectivity index (χ4v) is 8.30. The molecule has 6 heteroatoms. The van der Waals surface area contributed by atoms with Crippen molar-refractivity contribution in [3.63, 3.8) is 0 Å². The molecular weight excluding hydrogens is 592 g/mol. The molecule has 6 aromatic rings. The Hall–Kier alpha value is -4.97. The third-order valence-corrected chi connectivity index (χ3v) is 10.9. The second-order valence-corrected chi connectivity index (χ2v) is 14.5. The van der Waals surface area contributed by atoms with Crippen molar-refractivity contribution in [3.05, 3.63) is 113 Å².